The van der Waals surface area contributed by atoms with Crippen molar-refractivity contribution < 1.29 is 19.1 Å². The summed E-state index contributed by atoms with van der Waals surface area (Å²) >= 11 is -4.02. The number of aryl methyl sites for hydroxylation is 1. The lowest BCUT2D eigenvalue weighted by Gasteiger charge is -2.07. The summed E-state index contributed by atoms with van der Waals surface area (Å²) in [6.45, 7) is 2.26. The highest BCUT2D eigenvalue weighted by Crippen LogP contribution is 2.30. The van der Waals surface area contributed by atoms with Gasteiger partial charge in [0.1, 0.15) is 8.47 Å². The fourth-order valence-corrected chi connectivity index (χ4v) is 7.48. The van der Waals surface area contributed by atoms with E-state index < -0.39 is 34.8 Å². The summed E-state index contributed by atoms with van der Waals surface area (Å²) in [7, 11) is -4.52. The first kappa shape index (κ1) is 28.5. The van der Waals surface area contributed by atoms with E-state index in [9.17, 15) is 19.1 Å². The molecule has 0 saturated heterocycles. The first-order chi connectivity index (χ1) is 14.9. The fourth-order valence-electron chi connectivity index (χ4n) is 3.99. The standard InChI is InChI=1S/C24H41IO5S/c1-2-3-4-5-6-7-8-9-10-11-12-13-14-15-16-17-19-22-20-18-21-23(31(28,29)30)24(22)25(26)27/h18,20-21H,2-17,19H2,1H3,(H,28,29,30). The van der Waals surface area contributed by atoms with E-state index in [0.29, 0.717) is 12.0 Å². The highest BCUT2D eigenvalue weighted by atomic mass is 127. The molecule has 0 atom stereocenters. The molecule has 0 amide bonds. The summed E-state index contributed by atoms with van der Waals surface area (Å²) in [4.78, 5) is -0.475. The van der Waals surface area contributed by atoms with E-state index >= 15 is 0 Å². The van der Waals surface area contributed by atoms with Crippen molar-refractivity contribution in [3.05, 3.63) is 27.3 Å². The molecule has 0 fully saturated rings. The van der Waals surface area contributed by atoms with Crippen molar-refractivity contribution in [2.24, 2.45) is 0 Å². The average Bonchev–Trinajstić information content (AvgIpc) is 2.72. The third kappa shape index (κ3) is 12.9. The Hall–Kier alpha value is -0.540. The van der Waals surface area contributed by atoms with E-state index in [-0.39, 0.29) is 3.57 Å². The van der Waals surface area contributed by atoms with Gasteiger partial charge in [0.15, 0.2) is 0 Å². The molecule has 0 aliphatic carbocycles. The smallest absolute Gasteiger partial charge is 0.282 e. The van der Waals surface area contributed by atoms with Gasteiger partial charge in [0, 0.05) is 0 Å². The Morgan fingerprint density at radius 2 is 1.13 bits per heavy atom. The van der Waals surface area contributed by atoms with E-state index in [0.717, 1.165) is 25.3 Å². The minimum absolute atomic E-state index is 0.171. The second-order valence-corrected chi connectivity index (χ2v) is 12.2. The van der Waals surface area contributed by atoms with Crippen LogP contribution in [-0.2, 0) is 22.7 Å². The van der Waals surface area contributed by atoms with Gasteiger partial charge >= 0.3 is 19.8 Å². The van der Waals surface area contributed by atoms with Gasteiger partial charge < -0.3 is 0 Å². The molecule has 0 spiro atoms. The quantitative estimate of drug-likeness (QED) is 0.103. The highest BCUT2D eigenvalue weighted by Gasteiger charge is 2.21. The van der Waals surface area contributed by atoms with Crippen LogP contribution >= 0.6 is 19.8 Å². The van der Waals surface area contributed by atoms with E-state index in [2.05, 4.69) is 6.92 Å². The zero-order chi connectivity index (χ0) is 23.0. The van der Waals surface area contributed by atoms with E-state index in [4.69, 9.17) is 0 Å². The van der Waals surface area contributed by atoms with Crippen LogP contribution in [0.5, 0.6) is 0 Å². The predicted molar refractivity (Wildman–Crippen MR) is 134 cm³/mol. The van der Waals surface area contributed by atoms with Gasteiger partial charge in [0.2, 0.25) is 0 Å². The van der Waals surface area contributed by atoms with Crippen LogP contribution < -0.4 is 0 Å². The number of hydrogen-bond donors (Lipinski definition) is 1. The lowest BCUT2D eigenvalue weighted by Crippen LogP contribution is -2.04. The minimum Gasteiger partial charge on any atom is -0.282 e. The fraction of sp³-hybridized carbons (Fsp3) is 0.750. The summed E-state index contributed by atoms with van der Waals surface area (Å²) in [6, 6.07) is 4.30. The second-order valence-electron chi connectivity index (χ2n) is 8.47. The van der Waals surface area contributed by atoms with Gasteiger partial charge in [-0.2, -0.15) is 8.42 Å². The molecule has 1 N–H and O–H groups in total. The number of benzene rings is 1. The van der Waals surface area contributed by atoms with Gasteiger partial charge in [-0.15, -0.1) is 0 Å². The third-order valence-corrected chi connectivity index (χ3v) is 9.19. The van der Waals surface area contributed by atoms with Crippen molar-refractivity contribution in [1.82, 2.24) is 0 Å². The predicted octanol–water partition coefficient (Wildman–Crippen LogP) is 8.10. The second kappa shape index (κ2) is 17.0. The lowest BCUT2D eigenvalue weighted by molar-refractivity contribution is 0.482. The molecule has 1 aromatic carbocycles. The normalized spacial score (nSPS) is 12.0. The van der Waals surface area contributed by atoms with Crippen molar-refractivity contribution in [3.8, 4) is 0 Å². The Labute approximate surface area is 196 Å². The molecule has 180 valence electrons. The van der Waals surface area contributed by atoms with Crippen LogP contribution in [0.3, 0.4) is 0 Å². The van der Waals surface area contributed by atoms with Crippen LogP contribution in [0.15, 0.2) is 23.1 Å². The van der Waals surface area contributed by atoms with Crippen molar-refractivity contribution in [2.45, 2.75) is 121 Å². The average molecular weight is 569 g/mol. The molecule has 1 rings (SSSR count). The molecule has 0 unspecified atom stereocenters. The maximum Gasteiger partial charge on any atom is 0.342 e. The Balaban J connectivity index is 2.10. The first-order valence-electron chi connectivity index (χ1n) is 12.0. The number of unbranched alkanes of at least 4 members (excludes halogenated alkanes) is 15. The summed E-state index contributed by atoms with van der Waals surface area (Å²) in [5.74, 6) is 0. The lowest BCUT2D eigenvalue weighted by atomic mass is 10.0. The Morgan fingerprint density at radius 1 is 0.710 bits per heavy atom. The van der Waals surface area contributed by atoms with Gasteiger partial charge in [0.05, 0.1) is 0 Å². The Morgan fingerprint density at radius 3 is 1.52 bits per heavy atom. The molecule has 0 aliphatic heterocycles. The zero-order valence-corrected chi connectivity index (χ0v) is 22.1. The molecule has 31 heavy (non-hydrogen) atoms. The molecule has 0 saturated carbocycles. The van der Waals surface area contributed by atoms with Crippen molar-refractivity contribution in [3.63, 3.8) is 0 Å². The molecule has 0 aromatic heterocycles. The number of rotatable bonds is 19. The number of halogens is 1. The molecule has 1 aromatic rings. The largest absolute Gasteiger partial charge is 0.342 e. The molecule has 0 aliphatic rings. The number of hydrogen-bond acceptors (Lipinski definition) is 4. The maximum atomic E-state index is 11.6. The molecule has 0 heterocycles. The molecular formula is C24H41IO5S. The van der Waals surface area contributed by atoms with Crippen LogP contribution in [0, 0.1) is 3.57 Å². The molecule has 7 heteroatoms. The van der Waals surface area contributed by atoms with Crippen LogP contribution in [-0.4, -0.2) is 13.0 Å². The summed E-state index contributed by atoms with van der Waals surface area (Å²) in [6.07, 6.45) is 20.9. The van der Waals surface area contributed by atoms with Crippen LogP contribution in [0.4, 0.5) is 0 Å². The van der Waals surface area contributed by atoms with Crippen LogP contribution in [0.2, 0.25) is 0 Å². The molecular weight excluding hydrogens is 527 g/mol. The summed E-state index contributed by atoms with van der Waals surface area (Å²) in [5.41, 5.74) is 0.510. The van der Waals surface area contributed by atoms with Crippen LogP contribution in [0.25, 0.3) is 0 Å². The van der Waals surface area contributed by atoms with Crippen LogP contribution in [0.1, 0.15) is 115 Å². The van der Waals surface area contributed by atoms with Crippen molar-refractivity contribution >= 4 is 29.9 Å². The van der Waals surface area contributed by atoms with Gasteiger partial charge in [0.25, 0.3) is 10.1 Å². The molecule has 0 radical (unpaired) electrons. The van der Waals surface area contributed by atoms with Gasteiger partial charge in [-0.1, -0.05) is 115 Å². The maximum absolute atomic E-state index is 11.6. The zero-order valence-electron chi connectivity index (χ0n) is 19.1. The highest BCUT2D eigenvalue weighted by molar-refractivity contribution is 14.2. The monoisotopic (exact) mass is 568 g/mol. The van der Waals surface area contributed by atoms with E-state index in [1.807, 2.05) is 0 Å². The van der Waals surface area contributed by atoms with Gasteiger partial charge in [-0.3, -0.25) is 4.55 Å². The summed E-state index contributed by atoms with van der Waals surface area (Å²) < 4.78 is 55.2. The van der Waals surface area contributed by atoms with E-state index in [1.165, 1.54) is 89.5 Å². The van der Waals surface area contributed by atoms with E-state index in [1.54, 1.807) is 6.07 Å². The topological polar surface area (TPSA) is 88.5 Å². The minimum atomic E-state index is -4.52. The molecule has 5 nitrogen and oxygen atoms in total. The van der Waals surface area contributed by atoms with Gasteiger partial charge in [-0.25, -0.2) is 6.14 Å². The first-order valence-corrected chi connectivity index (χ1v) is 16.3. The van der Waals surface area contributed by atoms with Crippen molar-refractivity contribution in [2.75, 3.05) is 0 Å². The Kier molecular flexibility index (Phi) is 15.6. The molecule has 0 bridgehead atoms. The third-order valence-electron chi connectivity index (χ3n) is 5.78. The van der Waals surface area contributed by atoms with Crippen molar-refractivity contribution in [1.29, 1.82) is 0 Å². The van der Waals surface area contributed by atoms with Gasteiger partial charge in [-0.05, 0) is 24.5 Å². The SMILES string of the molecule is CCCCCCCCCCCCCCCCCCc1cccc(S(=O)(=O)O)c1I(=O)=O. The summed E-state index contributed by atoms with van der Waals surface area (Å²) in [5, 5.41) is 0. The Bertz CT molecular complexity index is 779.